The Morgan fingerprint density at radius 2 is 2.00 bits per heavy atom. The van der Waals surface area contributed by atoms with E-state index in [0.717, 1.165) is 24.1 Å². The summed E-state index contributed by atoms with van der Waals surface area (Å²) in [5.41, 5.74) is 2.29. The van der Waals surface area contributed by atoms with Crippen molar-refractivity contribution in [3.05, 3.63) is 54.0 Å². The average molecular weight is 334 g/mol. The van der Waals surface area contributed by atoms with Gasteiger partial charge in [0.1, 0.15) is 5.82 Å². The van der Waals surface area contributed by atoms with Gasteiger partial charge in [0.25, 0.3) is 0 Å². The van der Waals surface area contributed by atoms with Crippen LogP contribution in [0.1, 0.15) is 24.5 Å². The van der Waals surface area contributed by atoms with Gasteiger partial charge < -0.3 is 0 Å². The normalized spacial score (nSPS) is 19.7. The van der Waals surface area contributed by atoms with Crippen LogP contribution in [0.3, 0.4) is 0 Å². The Balaban J connectivity index is 1.88. The first-order valence-corrected chi connectivity index (χ1v) is 9.46. The Labute approximate surface area is 136 Å². The van der Waals surface area contributed by atoms with Crippen LogP contribution in [0.4, 0.5) is 4.39 Å². The van der Waals surface area contributed by atoms with Gasteiger partial charge >= 0.3 is 0 Å². The van der Waals surface area contributed by atoms with E-state index in [1.807, 2.05) is 24.3 Å². The summed E-state index contributed by atoms with van der Waals surface area (Å²) in [5.74, 6) is -0.220. The summed E-state index contributed by atoms with van der Waals surface area (Å²) in [6.07, 6.45) is 2.97. The van der Waals surface area contributed by atoms with E-state index < -0.39 is 10.0 Å². The lowest BCUT2D eigenvalue weighted by atomic mass is 9.95. The first kappa shape index (κ1) is 16.1. The maximum Gasteiger partial charge on any atom is 0.211 e. The number of nitrogens with zero attached hydrogens (tertiary/aromatic N) is 2. The van der Waals surface area contributed by atoms with Crippen LogP contribution >= 0.6 is 0 Å². The molecule has 2 heterocycles. The molecular formula is C17H19FN2O2S. The van der Waals surface area contributed by atoms with E-state index in [1.165, 1.54) is 22.7 Å². The van der Waals surface area contributed by atoms with Crippen LogP contribution in [0.25, 0.3) is 11.3 Å². The highest BCUT2D eigenvalue weighted by atomic mass is 32.2. The summed E-state index contributed by atoms with van der Waals surface area (Å²) in [6, 6.07) is 12.0. The second kappa shape index (κ2) is 6.37. The van der Waals surface area contributed by atoms with E-state index in [2.05, 4.69) is 4.98 Å². The molecule has 1 aromatic heterocycles. The van der Waals surface area contributed by atoms with Gasteiger partial charge in [-0.05, 0) is 37.1 Å². The van der Waals surface area contributed by atoms with E-state index in [0.29, 0.717) is 18.8 Å². The minimum Gasteiger partial charge on any atom is -0.252 e. The number of piperidine rings is 1. The van der Waals surface area contributed by atoms with E-state index in [9.17, 15) is 12.8 Å². The van der Waals surface area contributed by atoms with E-state index in [-0.39, 0.29) is 11.7 Å². The molecule has 4 nitrogen and oxygen atoms in total. The molecule has 0 N–H and O–H groups in total. The van der Waals surface area contributed by atoms with Crippen molar-refractivity contribution in [1.29, 1.82) is 0 Å². The van der Waals surface area contributed by atoms with Crippen LogP contribution in [0, 0.1) is 5.82 Å². The Morgan fingerprint density at radius 1 is 1.22 bits per heavy atom. The molecule has 1 aliphatic rings. The summed E-state index contributed by atoms with van der Waals surface area (Å²) >= 11 is 0. The number of halogens is 1. The van der Waals surface area contributed by atoms with Crippen LogP contribution in [0.2, 0.25) is 0 Å². The van der Waals surface area contributed by atoms with Crippen molar-refractivity contribution in [2.45, 2.75) is 18.8 Å². The average Bonchev–Trinajstić information content (AvgIpc) is 2.54. The number of benzene rings is 1. The van der Waals surface area contributed by atoms with Gasteiger partial charge in [-0.15, -0.1) is 0 Å². The number of rotatable bonds is 3. The van der Waals surface area contributed by atoms with Gasteiger partial charge in [0, 0.05) is 30.3 Å². The molecule has 23 heavy (non-hydrogen) atoms. The Morgan fingerprint density at radius 3 is 2.74 bits per heavy atom. The van der Waals surface area contributed by atoms with Crippen molar-refractivity contribution in [3.8, 4) is 11.3 Å². The Hall–Kier alpha value is -1.79. The fraction of sp³-hybridized carbons (Fsp3) is 0.353. The van der Waals surface area contributed by atoms with E-state index in [4.69, 9.17) is 0 Å². The largest absolute Gasteiger partial charge is 0.252 e. The quantitative estimate of drug-likeness (QED) is 0.867. The molecule has 1 fully saturated rings. The fourth-order valence-electron chi connectivity index (χ4n) is 2.97. The minimum absolute atomic E-state index is 0.0759. The Kier molecular flexibility index (Phi) is 4.46. The highest BCUT2D eigenvalue weighted by molar-refractivity contribution is 7.88. The summed E-state index contributed by atoms with van der Waals surface area (Å²) < 4.78 is 38.4. The van der Waals surface area contributed by atoms with Crippen LogP contribution in [0.5, 0.6) is 0 Å². The zero-order valence-corrected chi connectivity index (χ0v) is 13.8. The molecule has 0 saturated carbocycles. The van der Waals surface area contributed by atoms with Gasteiger partial charge in [0.05, 0.1) is 11.9 Å². The number of aromatic nitrogens is 1. The highest BCUT2D eigenvalue weighted by Crippen LogP contribution is 2.28. The standard InChI is InChI=1S/C17H19FN2O2S/c1-23(21,22)20-10-4-6-14(12-20)17-9-3-8-16(19-17)13-5-2-7-15(18)11-13/h2-3,5,7-9,11,14H,4,6,10,12H2,1H3. The summed E-state index contributed by atoms with van der Waals surface area (Å²) in [4.78, 5) is 4.64. The number of pyridine rings is 1. The first-order chi connectivity index (χ1) is 10.9. The van der Waals surface area contributed by atoms with Gasteiger partial charge in [0.15, 0.2) is 0 Å². The lowest BCUT2D eigenvalue weighted by Gasteiger charge is -2.30. The molecule has 1 aliphatic heterocycles. The predicted molar refractivity (Wildman–Crippen MR) is 88.0 cm³/mol. The predicted octanol–water partition coefficient (Wildman–Crippen LogP) is 3.03. The number of sulfonamides is 1. The third-order valence-electron chi connectivity index (χ3n) is 4.16. The third kappa shape index (κ3) is 3.76. The lowest BCUT2D eigenvalue weighted by molar-refractivity contribution is 0.314. The van der Waals surface area contributed by atoms with Crippen LogP contribution in [-0.2, 0) is 10.0 Å². The molecule has 0 amide bonds. The molecule has 2 aromatic rings. The van der Waals surface area contributed by atoms with Gasteiger partial charge in [-0.25, -0.2) is 17.1 Å². The maximum atomic E-state index is 13.4. The lowest BCUT2D eigenvalue weighted by Crippen LogP contribution is -2.38. The molecule has 122 valence electrons. The van der Waals surface area contributed by atoms with Crippen molar-refractivity contribution in [2.75, 3.05) is 19.3 Å². The second-order valence-corrected chi connectivity index (χ2v) is 7.90. The fourth-order valence-corrected chi connectivity index (χ4v) is 3.88. The summed E-state index contributed by atoms with van der Waals surface area (Å²) in [5, 5.41) is 0. The van der Waals surface area contributed by atoms with Crippen LogP contribution < -0.4 is 0 Å². The van der Waals surface area contributed by atoms with Crippen molar-refractivity contribution >= 4 is 10.0 Å². The van der Waals surface area contributed by atoms with Gasteiger partial charge in [-0.3, -0.25) is 4.98 Å². The van der Waals surface area contributed by atoms with Gasteiger partial charge in [-0.1, -0.05) is 18.2 Å². The van der Waals surface area contributed by atoms with Crippen molar-refractivity contribution in [2.24, 2.45) is 0 Å². The topological polar surface area (TPSA) is 50.3 Å². The molecule has 0 spiro atoms. The SMILES string of the molecule is CS(=O)(=O)N1CCCC(c2cccc(-c3cccc(F)c3)n2)C1. The van der Waals surface area contributed by atoms with Crippen LogP contribution in [0.15, 0.2) is 42.5 Å². The molecule has 6 heteroatoms. The molecule has 1 aromatic carbocycles. The van der Waals surface area contributed by atoms with Gasteiger partial charge in [-0.2, -0.15) is 0 Å². The zero-order valence-electron chi connectivity index (χ0n) is 12.9. The van der Waals surface area contributed by atoms with Gasteiger partial charge in [0.2, 0.25) is 10.0 Å². The molecule has 1 unspecified atom stereocenters. The number of hydrogen-bond acceptors (Lipinski definition) is 3. The number of hydrogen-bond donors (Lipinski definition) is 0. The monoisotopic (exact) mass is 334 g/mol. The van der Waals surface area contributed by atoms with E-state index >= 15 is 0 Å². The molecule has 0 radical (unpaired) electrons. The van der Waals surface area contributed by atoms with Crippen molar-refractivity contribution in [3.63, 3.8) is 0 Å². The second-order valence-electron chi connectivity index (χ2n) is 5.92. The van der Waals surface area contributed by atoms with Crippen molar-refractivity contribution < 1.29 is 12.8 Å². The summed E-state index contributed by atoms with van der Waals surface area (Å²) in [7, 11) is -3.18. The maximum absolute atomic E-state index is 13.4. The molecule has 1 saturated heterocycles. The molecular weight excluding hydrogens is 315 g/mol. The Bertz CT molecular complexity index is 808. The van der Waals surface area contributed by atoms with Crippen LogP contribution in [-0.4, -0.2) is 37.1 Å². The molecule has 0 bridgehead atoms. The molecule has 3 rings (SSSR count). The first-order valence-electron chi connectivity index (χ1n) is 7.61. The zero-order chi connectivity index (χ0) is 16.4. The summed E-state index contributed by atoms with van der Waals surface area (Å²) in [6.45, 7) is 1.03. The van der Waals surface area contributed by atoms with Crippen molar-refractivity contribution in [1.82, 2.24) is 9.29 Å². The third-order valence-corrected chi connectivity index (χ3v) is 5.43. The minimum atomic E-state index is -3.18. The van der Waals surface area contributed by atoms with E-state index in [1.54, 1.807) is 6.07 Å². The highest BCUT2D eigenvalue weighted by Gasteiger charge is 2.27. The smallest absolute Gasteiger partial charge is 0.211 e. The molecule has 1 atom stereocenters. The molecule has 0 aliphatic carbocycles.